The average molecular weight is 367 g/mol. The monoisotopic (exact) mass is 366 g/mol. The molecule has 0 radical (unpaired) electrons. The minimum atomic E-state index is -0.0848. The van der Waals surface area contributed by atoms with E-state index in [1.165, 1.54) is 5.56 Å². The molecule has 1 N–H and O–H groups in total. The van der Waals surface area contributed by atoms with Gasteiger partial charge in [-0.1, -0.05) is 12.5 Å². The van der Waals surface area contributed by atoms with Gasteiger partial charge in [-0.3, -0.25) is 14.7 Å². The third-order valence-electron chi connectivity index (χ3n) is 5.35. The number of carbonyl (C=O) groups is 1. The number of hydrogen-bond acceptors (Lipinski definition) is 4. The van der Waals surface area contributed by atoms with Crippen LogP contribution in [0, 0.1) is 0 Å². The average Bonchev–Trinajstić information content (AvgIpc) is 2.68. The molecule has 1 aliphatic heterocycles. The predicted octanol–water partition coefficient (Wildman–Crippen LogP) is 3.92. The summed E-state index contributed by atoms with van der Waals surface area (Å²) >= 11 is 0. The molecule has 144 valence electrons. The fourth-order valence-corrected chi connectivity index (χ4v) is 3.53. The van der Waals surface area contributed by atoms with E-state index in [0.29, 0.717) is 6.04 Å². The lowest BCUT2D eigenvalue weighted by atomic mass is 10.0. The number of rotatable bonds is 6. The van der Waals surface area contributed by atoms with Gasteiger partial charge < -0.3 is 10.2 Å². The first-order chi connectivity index (χ1) is 13.0. The maximum absolute atomic E-state index is 13.0. The highest BCUT2D eigenvalue weighted by Crippen LogP contribution is 2.23. The van der Waals surface area contributed by atoms with Gasteiger partial charge in [0.25, 0.3) is 0 Å². The highest BCUT2D eigenvalue weighted by molar-refractivity contribution is 5.95. The minimum absolute atomic E-state index is 0.0848. The molecule has 2 heterocycles. The van der Waals surface area contributed by atoms with Crippen LogP contribution in [0.3, 0.4) is 0 Å². The lowest BCUT2D eigenvalue weighted by Crippen LogP contribution is -2.46. The molecule has 3 rings (SSSR count). The second kappa shape index (κ2) is 9.00. The van der Waals surface area contributed by atoms with E-state index in [1.54, 1.807) is 0 Å². The van der Waals surface area contributed by atoms with Gasteiger partial charge in [-0.2, -0.15) is 0 Å². The van der Waals surface area contributed by atoms with Crippen LogP contribution >= 0.6 is 0 Å². The Hall–Kier alpha value is -2.40. The number of hydrogen-bond donors (Lipinski definition) is 1. The van der Waals surface area contributed by atoms with Crippen LogP contribution in [0.15, 0.2) is 48.8 Å². The lowest BCUT2D eigenvalue weighted by Gasteiger charge is -2.34. The summed E-state index contributed by atoms with van der Waals surface area (Å²) in [5.41, 5.74) is 3.17. The summed E-state index contributed by atoms with van der Waals surface area (Å²) in [6.45, 7) is 6.06. The second-order valence-corrected chi connectivity index (χ2v) is 7.58. The number of anilines is 2. The summed E-state index contributed by atoms with van der Waals surface area (Å²) in [4.78, 5) is 21.6. The van der Waals surface area contributed by atoms with Crippen LogP contribution in [0.25, 0.3) is 0 Å². The normalized spacial score (nSPS) is 17.7. The largest absolute Gasteiger partial charge is 0.372 e. The van der Waals surface area contributed by atoms with E-state index in [4.69, 9.17) is 0 Å². The summed E-state index contributed by atoms with van der Waals surface area (Å²) in [6.07, 6.45) is 6.77. The molecule has 0 spiro atoms. The van der Waals surface area contributed by atoms with Gasteiger partial charge in [-0.05, 0) is 69.1 Å². The molecule has 5 nitrogen and oxygen atoms in total. The number of amides is 1. The van der Waals surface area contributed by atoms with E-state index < -0.39 is 0 Å². The number of nitrogens with one attached hydrogen (secondary N) is 1. The van der Waals surface area contributed by atoms with E-state index in [2.05, 4.69) is 47.1 Å². The van der Waals surface area contributed by atoms with Gasteiger partial charge >= 0.3 is 0 Å². The highest BCUT2D eigenvalue weighted by Gasteiger charge is 2.28. The number of aromatic nitrogens is 1. The molecule has 5 heteroatoms. The van der Waals surface area contributed by atoms with Crippen LogP contribution in [0.1, 0.15) is 38.7 Å². The molecule has 1 fully saturated rings. The van der Waals surface area contributed by atoms with Crippen LogP contribution < -0.4 is 10.2 Å². The standard InChI is InChI=1S/C22H30N4O/c1-17(2)25(3)20-8-6-7-19(15-20)24-22(27)21-9-4-5-14-26(21)16-18-10-12-23-13-11-18/h6-8,10-13,15,17,21H,4-5,9,14,16H2,1-3H3,(H,24,27). The zero-order valence-electron chi connectivity index (χ0n) is 16.6. The molecule has 1 saturated heterocycles. The van der Waals surface area contributed by atoms with Gasteiger partial charge in [0, 0.05) is 43.4 Å². The van der Waals surface area contributed by atoms with Crippen molar-refractivity contribution < 1.29 is 4.79 Å². The molecule has 1 amide bonds. The number of carbonyl (C=O) groups excluding carboxylic acids is 1. The first-order valence-corrected chi connectivity index (χ1v) is 9.81. The summed E-state index contributed by atoms with van der Waals surface area (Å²) in [7, 11) is 2.07. The molecular formula is C22H30N4O. The van der Waals surface area contributed by atoms with Crippen molar-refractivity contribution in [3.63, 3.8) is 0 Å². The number of nitrogens with zero attached hydrogens (tertiary/aromatic N) is 3. The maximum atomic E-state index is 13.0. The topological polar surface area (TPSA) is 48.5 Å². The predicted molar refractivity (Wildman–Crippen MR) is 111 cm³/mol. The van der Waals surface area contributed by atoms with Crippen molar-refractivity contribution in [2.24, 2.45) is 0 Å². The van der Waals surface area contributed by atoms with Gasteiger partial charge in [0.1, 0.15) is 0 Å². The van der Waals surface area contributed by atoms with Crippen LogP contribution in [0.5, 0.6) is 0 Å². The minimum Gasteiger partial charge on any atom is -0.372 e. The van der Waals surface area contributed by atoms with Crippen molar-refractivity contribution in [1.82, 2.24) is 9.88 Å². The zero-order valence-corrected chi connectivity index (χ0v) is 16.6. The van der Waals surface area contributed by atoms with Gasteiger partial charge in [0.15, 0.2) is 0 Å². The fourth-order valence-electron chi connectivity index (χ4n) is 3.53. The van der Waals surface area contributed by atoms with Crippen molar-refractivity contribution >= 4 is 17.3 Å². The fraction of sp³-hybridized carbons (Fsp3) is 0.455. The Balaban J connectivity index is 1.69. The van der Waals surface area contributed by atoms with E-state index in [-0.39, 0.29) is 11.9 Å². The van der Waals surface area contributed by atoms with Crippen molar-refractivity contribution in [3.05, 3.63) is 54.4 Å². The SMILES string of the molecule is CC(C)N(C)c1cccc(NC(=O)C2CCCCN2Cc2ccncc2)c1. The Bertz CT molecular complexity index is 747. The number of benzene rings is 1. The molecule has 1 atom stereocenters. The quantitative estimate of drug-likeness (QED) is 0.842. The first kappa shape index (κ1) is 19.4. The van der Waals surface area contributed by atoms with Crippen LogP contribution in [-0.2, 0) is 11.3 Å². The third-order valence-corrected chi connectivity index (χ3v) is 5.35. The van der Waals surface area contributed by atoms with Crippen molar-refractivity contribution in [3.8, 4) is 0 Å². The van der Waals surface area contributed by atoms with E-state index >= 15 is 0 Å². The summed E-state index contributed by atoms with van der Waals surface area (Å²) in [6, 6.07) is 12.5. The molecule has 0 saturated carbocycles. The highest BCUT2D eigenvalue weighted by atomic mass is 16.2. The van der Waals surface area contributed by atoms with E-state index in [1.807, 2.05) is 42.7 Å². The Morgan fingerprint density at radius 3 is 2.78 bits per heavy atom. The van der Waals surface area contributed by atoms with Crippen LogP contribution in [0.2, 0.25) is 0 Å². The maximum Gasteiger partial charge on any atom is 0.241 e. The first-order valence-electron chi connectivity index (χ1n) is 9.81. The van der Waals surface area contributed by atoms with E-state index in [0.717, 1.165) is 43.7 Å². The molecular weight excluding hydrogens is 336 g/mol. The van der Waals surface area contributed by atoms with Crippen molar-refractivity contribution in [1.29, 1.82) is 0 Å². The second-order valence-electron chi connectivity index (χ2n) is 7.58. The molecule has 2 aromatic rings. The van der Waals surface area contributed by atoms with Gasteiger partial charge in [0.2, 0.25) is 5.91 Å². The molecule has 0 bridgehead atoms. The molecule has 1 aromatic carbocycles. The molecule has 1 unspecified atom stereocenters. The lowest BCUT2D eigenvalue weighted by molar-refractivity contribution is -0.122. The third kappa shape index (κ3) is 5.07. The van der Waals surface area contributed by atoms with Crippen molar-refractivity contribution in [2.45, 2.75) is 51.7 Å². The van der Waals surface area contributed by atoms with Crippen LogP contribution in [-0.4, -0.2) is 41.5 Å². The van der Waals surface area contributed by atoms with Gasteiger partial charge in [-0.25, -0.2) is 0 Å². The molecule has 27 heavy (non-hydrogen) atoms. The molecule has 1 aliphatic rings. The van der Waals surface area contributed by atoms with Crippen molar-refractivity contribution in [2.75, 3.05) is 23.8 Å². The summed E-state index contributed by atoms with van der Waals surface area (Å²) in [5, 5.41) is 3.14. The van der Waals surface area contributed by atoms with Crippen LogP contribution in [0.4, 0.5) is 11.4 Å². The number of likely N-dealkylation sites (tertiary alicyclic amines) is 1. The Morgan fingerprint density at radius 2 is 2.04 bits per heavy atom. The molecule has 1 aromatic heterocycles. The van der Waals surface area contributed by atoms with Gasteiger partial charge in [0.05, 0.1) is 6.04 Å². The Morgan fingerprint density at radius 1 is 1.26 bits per heavy atom. The number of pyridine rings is 1. The van der Waals surface area contributed by atoms with Gasteiger partial charge in [-0.15, -0.1) is 0 Å². The zero-order chi connectivity index (χ0) is 19.2. The Kier molecular flexibility index (Phi) is 6.45. The summed E-state index contributed by atoms with van der Waals surface area (Å²) < 4.78 is 0. The summed E-state index contributed by atoms with van der Waals surface area (Å²) in [5.74, 6) is 0.0908. The molecule has 0 aliphatic carbocycles. The van der Waals surface area contributed by atoms with E-state index in [9.17, 15) is 4.79 Å². The number of piperidine rings is 1. The smallest absolute Gasteiger partial charge is 0.241 e. The Labute approximate surface area is 162 Å².